The number of epoxide rings is 1. The van der Waals surface area contributed by atoms with Crippen molar-refractivity contribution in [3.63, 3.8) is 0 Å². The van der Waals surface area contributed by atoms with Gasteiger partial charge in [0.05, 0.1) is 23.3 Å². The van der Waals surface area contributed by atoms with E-state index in [2.05, 4.69) is 15.9 Å². The lowest BCUT2D eigenvalue weighted by atomic mass is 9.81. The molecule has 122 valence electrons. The predicted octanol–water partition coefficient (Wildman–Crippen LogP) is 3.28. The maximum atomic E-state index is 13.0. The number of alkyl halides is 3. The Morgan fingerprint density at radius 2 is 2.00 bits per heavy atom. The number of hydrogen-bond acceptors (Lipinski definition) is 3. The van der Waals surface area contributed by atoms with E-state index in [-0.39, 0.29) is 16.3 Å². The average molecular weight is 390 g/mol. The number of imide groups is 1. The van der Waals surface area contributed by atoms with Crippen molar-refractivity contribution in [1.82, 2.24) is 0 Å². The molecule has 4 nitrogen and oxygen atoms in total. The van der Waals surface area contributed by atoms with Gasteiger partial charge in [-0.2, -0.15) is 13.2 Å². The third kappa shape index (κ3) is 1.94. The van der Waals surface area contributed by atoms with E-state index in [0.29, 0.717) is 12.8 Å². The molecule has 8 heteroatoms. The Balaban J connectivity index is 1.77. The third-order valence-corrected chi connectivity index (χ3v) is 5.50. The summed E-state index contributed by atoms with van der Waals surface area (Å²) in [7, 11) is 0. The Hall–Kier alpha value is -1.41. The second-order valence-electron chi connectivity index (χ2n) is 6.02. The van der Waals surface area contributed by atoms with Gasteiger partial charge >= 0.3 is 6.18 Å². The van der Waals surface area contributed by atoms with E-state index in [0.717, 1.165) is 17.4 Å². The normalized spacial score (nSPS) is 32.8. The highest BCUT2D eigenvalue weighted by molar-refractivity contribution is 9.10. The van der Waals surface area contributed by atoms with Crippen molar-refractivity contribution in [2.75, 3.05) is 4.90 Å². The minimum atomic E-state index is -4.58. The van der Waals surface area contributed by atoms with Crippen LogP contribution in [-0.4, -0.2) is 23.5 Å². The zero-order valence-electron chi connectivity index (χ0n) is 11.7. The largest absolute Gasteiger partial charge is 0.417 e. The van der Waals surface area contributed by atoms with Gasteiger partial charge in [0.25, 0.3) is 5.91 Å². The van der Waals surface area contributed by atoms with Crippen molar-refractivity contribution < 1.29 is 27.5 Å². The molecule has 0 aromatic heterocycles. The molecule has 1 aromatic carbocycles. The number of anilines is 1. The molecule has 23 heavy (non-hydrogen) atoms. The molecule has 3 fully saturated rings. The van der Waals surface area contributed by atoms with Crippen LogP contribution in [0, 0.1) is 5.92 Å². The van der Waals surface area contributed by atoms with Crippen molar-refractivity contribution in [2.24, 2.45) is 5.92 Å². The second-order valence-corrected chi connectivity index (χ2v) is 6.88. The van der Waals surface area contributed by atoms with Crippen molar-refractivity contribution in [3.05, 3.63) is 28.2 Å². The molecule has 3 aliphatic rings. The molecule has 1 saturated carbocycles. The van der Waals surface area contributed by atoms with Gasteiger partial charge in [0.2, 0.25) is 5.91 Å². The molecule has 1 aliphatic carbocycles. The highest BCUT2D eigenvalue weighted by atomic mass is 79.9. The van der Waals surface area contributed by atoms with Crippen molar-refractivity contribution in [3.8, 4) is 0 Å². The maximum absolute atomic E-state index is 13.0. The van der Waals surface area contributed by atoms with Gasteiger partial charge in [-0.25, -0.2) is 4.90 Å². The molecular formula is C15H11BrF3NO3. The zero-order valence-corrected chi connectivity index (χ0v) is 13.3. The summed E-state index contributed by atoms with van der Waals surface area (Å²) >= 11 is 2.85. The molecule has 1 spiro atoms. The number of carbonyl (C=O) groups excluding carboxylic acids is 2. The lowest BCUT2D eigenvalue weighted by Gasteiger charge is -2.17. The number of hydrogen-bond donors (Lipinski definition) is 0. The standard InChI is InChI=1S/C15H11BrF3NO3/c16-10-5-4-7(6-9(10)15(17,18)19)20-12(21)8-2-1-3-11-14(8,23-11)13(20)22/h4-6,8,11H,1-3H2/t8-,11+,14-/m0/s1. The number of ether oxygens (including phenoxy) is 1. The van der Waals surface area contributed by atoms with E-state index >= 15 is 0 Å². The molecule has 2 amide bonds. The first-order chi connectivity index (χ1) is 10.8. The van der Waals surface area contributed by atoms with Crippen LogP contribution in [0.1, 0.15) is 24.8 Å². The van der Waals surface area contributed by atoms with Crippen molar-refractivity contribution in [1.29, 1.82) is 0 Å². The number of benzene rings is 1. The van der Waals surface area contributed by atoms with Crippen LogP contribution in [0.5, 0.6) is 0 Å². The van der Waals surface area contributed by atoms with Crippen LogP contribution in [0.15, 0.2) is 22.7 Å². The van der Waals surface area contributed by atoms with Crippen molar-refractivity contribution >= 4 is 33.4 Å². The van der Waals surface area contributed by atoms with E-state index in [9.17, 15) is 22.8 Å². The summed E-state index contributed by atoms with van der Waals surface area (Å²) in [5.74, 6) is -1.58. The van der Waals surface area contributed by atoms with Crippen LogP contribution < -0.4 is 4.90 Å². The van der Waals surface area contributed by atoms with Gasteiger partial charge in [0.1, 0.15) is 0 Å². The molecule has 3 atom stereocenters. The molecule has 1 aromatic rings. The van der Waals surface area contributed by atoms with Crippen LogP contribution in [0.4, 0.5) is 18.9 Å². The molecule has 2 heterocycles. The van der Waals surface area contributed by atoms with Gasteiger partial charge < -0.3 is 4.74 Å². The van der Waals surface area contributed by atoms with Gasteiger partial charge in [-0.05, 0) is 37.5 Å². The van der Waals surface area contributed by atoms with Gasteiger partial charge in [-0.3, -0.25) is 9.59 Å². The van der Waals surface area contributed by atoms with Crippen LogP contribution in [-0.2, 0) is 20.5 Å². The fourth-order valence-electron chi connectivity index (χ4n) is 3.69. The van der Waals surface area contributed by atoms with Crippen LogP contribution in [0.25, 0.3) is 0 Å². The summed E-state index contributed by atoms with van der Waals surface area (Å²) in [4.78, 5) is 26.1. The minimum absolute atomic E-state index is 0.0615. The molecular weight excluding hydrogens is 379 g/mol. The van der Waals surface area contributed by atoms with E-state index in [1.54, 1.807) is 0 Å². The molecule has 0 radical (unpaired) electrons. The van der Waals surface area contributed by atoms with Crippen LogP contribution in [0.3, 0.4) is 0 Å². The Kier molecular flexibility index (Phi) is 3.01. The first-order valence-electron chi connectivity index (χ1n) is 7.20. The lowest BCUT2D eigenvalue weighted by molar-refractivity contribution is -0.138. The first kappa shape index (κ1) is 15.1. The molecule has 0 unspecified atom stereocenters. The van der Waals surface area contributed by atoms with Crippen LogP contribution >= 0.6 is 15.9 Å². The lowest BCUT2D eigenvalue weighted by Crippen LogP contribution is -2.35. The average Bonchev–Trinajstić information content (AvgIpc) is 3.18. The SMILES string of the molecule is O=C1[C@@H]2CCC[C@H]3O[C@]32C(=O)N1c1ccc(Br)c(C(F)(F)F)c1. The highest BCUT2D eigenvalue weighted by Crippen LogP contribution is 2.57. The fourth-order valence-corrected chi connectivity index (χ4v) is 4.16. The number of nitrogens with zero attached hydrogens (tertiary/aromatic N) is 1. The predicted molar refractivity (Wildman–Crippen MR) is 76.6 cm³/mol. The zero-order chi connectivity index (χ0) is 16.6. The Morgan fingerprint density at radius 1 is 1.26 bits per heavy atom. The number of rotatable bonds is 1. The fraction of sp³-hybridized carbons (Fsp3) is 0.467. The van der Waals surface area contributed by atoms with Gasteiger partial charge in [-0.1, -0.05) is 15.9 Å². The summed E-state index contributed by atoms with van der Waals surface area (Å²) in [6, 6.07) is 3.36. The molecule has 4 rings (SSSR count). The number of amides is 2. The minimum Gasteiger partial charge on any atom is -0.355 e. The summed E-state index contributed by atoms with van der Waals surface area (Å²) in [6.07, 6.45) is -2.85. The van der Waals surface area contributed by atoms with E-state index in [1.165, 1.54) is 12.1 Å². The van der Waals surface area contributed by atoms with E-state index < -0.39 is 35.1 Å². The highest BCUT2D eigenvalue weighted by Gasteiger charge is 2.76. The Bertz CT molecular complexity index is 735. The Labute approximate surface area is 137 Å². The van der Waals surface area contributed by atoms with E-state index in [1.807, 2.05) is 0 Å². The number of carbonyl (C=O) groups is 2. The summed E-state index contributed by atoms with van der Waals surface area (Å²) in [5, 5.41) is 0. The summed E-state index contributed by atoms with van der Waals surface area (Å²) in [6.45, 7) is 0. The summed E-state index contributed by atoms with van der Waals surface area (Å²) < 4.78 is 44.5. The van der Waals surface area contributed by atoms with Crippen molar-refractivity contribution in [2.45, 2.75) is 37.1 Å². The van der Waals surface area contributed by atoms with Crippen LogP contribution in [0.2, 0.25) is 0 Å². The van der Waals surface area contributed by atoms with Gasteiger partial charge in [-0.15, -0.1) is 0 Å². The first-order valence-corrected chi connectivity index (χ1v) is 7.99. The van der Waals surface area contributed by atoms with E-state index in [4.69, 9.17) is 4.74 Å². The van der Waals surface area contributed by atoms with Gasteiger partial charge in [0, 0.05) is 4.47 Å². The maximum Gasteiger partial charge on any atom is 0.417 e. The number of halogens is 4. The quantitative estimate of drug-likeness (QED) is 0.547. The third-order valence-electron chi connectivity index (χ3n) is 4.80. The molecule has 2 saturated heterocycles. The Morgan fingerprint density at radius 3 is 2.65 bits per heavy atom. The van der Waals surface area contributed by atoms with Gasteiger partial charge in [0.15, 0.2) is 5.60 Å². The topological polar surface area (TPSA) is 49.9 Å². The summed E-state index contributed by atoms with van der Waals surface area (Å²) in [5.41, 5.74) is -2.11. The molecule has 0 N–H and O–H groups in total. The molecule has 2 aliphatic heterocycles. The molecule has 0 bridgehead atoms. The smallest absolute Gasteiger partial charge is 0.355 e. The monoisotopic (exact) mass is 389 g/mol. The second kappa shape index (κ2) is 4.57.